The number of rotatable bonds is 5. The maximum atomic E-state index is 12.9. The van der Waals surface area contributed by atoms with E-state index < -0.39 is 12.1 Å². The van der Waals surface area contributed by atoms with Crippen LogP contribution in [0, 0.1) is 0 Å². The van der Waals surface area contributed by atoms with Crippen LogP contribution in [0.4, 0.5) is 9.80 Å². The molecule has 3 aromatic heterocycles. The van der Waals surface area contributed by atoms with Crippen molar-refractivity contribution in [3.05, 3.63) is 40.2 Å². The zero-order chi connectivity index (χ0) is 20.7. The van der Waals surface area contributed by atoms with Gasteiger partial charge in [-0.25, -0.2) is 9.78 Å². The number of anilines is 1. The largest absolute Gasteiger partial charge is 0.512 e. The van der Waals surface area contributed by atoms with Crippen LogP contribution in [-0.2, 0) is 17.8 Å². The number of carboxylic acid groups (broad SMARTS) is 1. The van der Waals surface area contributed by atoms with Gasteiger partial charge >= 0.3 is 6.16 Å². The Morgan fingerprint density at radius 3 is 3.00 bits per heavy atom. The van der Waals surface area contributed by atoms with Crippen molar-refractivity contribution < 1.29 is 28.7 Å². The first-order valence-corrected chi connectivity index (χ1v) is 10.1. The highest BCUT2D eigenvalue weighted by atomic mass is 32.1. The fourth-order valence-electron chi connectivity index (χ4n) is 3.29. The summed E-state index contributed by atoms with van der Waals surface area (Å²) in [7, 11) is 0. The number of hydrogen-bond acceptors (Lipinski definition) is 9. The Hall–Kier alpha value is -3.31. The Labute approximate surface area is 173 Å². The van der Waals surface area contributed by atoms with Crippen molar-refractivity contribution in [2.75, 3.05) is 11.9 Å². The van der Waals surface area contributed by atoms with E-state index in [2.05, 4.69) is 25.2 Å². The highest BCUT2D eigenvalue weighted by Gasteiger charge is 2.32. The van der Waals surface area contributed by atoms with Crippen LogP contribution in [0.3, 0.4) is 0 Å². The molecule has 10 nitrogen and oxygen atoms in total. The van der Waals surface area contributed by atoms with Gasteiger partial charge in [0.05, 0.1) is 18.8 Å². The van der Waals surface area contributed by atoms with E-state index in [-0.39, 0.29) is 11.4 Å². The van der Waals surface area contributed by atoms with Crippen molar-refractivity contribution >= 4 is 28.4 Å². The quantitative estimate of drug-likeness (QED) is 0.585. The molecule has 2 N–H and O–H groups in total. The van der Waals surface area contributed by atoms with Gasteiger partial charge in [0.15, 0.2) is 5.82 Å². The molecule has 0 saturated heterocycles. The van der Waals surface area contributed by atoms with E-state index in [1.54, 1.807) is 0 Å². The van der Waals surface area contributed by atoms with E-state index in [1.807, 2.05) is 0 Å². The first kappa shape index (κ1) is 18.7. The number of fused-ring (bicyclic) bond motifs is 1. The molecule has 1 aliphatic heterocycles. The number of aromatic nitrogens is 3. The number of thiophene rings is 1. The number of nitrogens with one attached hydrogen (secondary N) is 1. The standard InChI is InChI=1S/C19H16N4O6S/c24-15(11-2-1-6-20-16(11)28-19(25)26)22-18-13(10-5-7-27-8-12(10)30-18)17-21-14(23-29-17)9-3-4-9/h1-2,6,9H,3-5,7-8H2,(H,22,24)(H,25,26). The van der Waals surface area contributed by atoms with Gasteiger partial charge < -0.3 is 24.4 Å². The monoisotopic (exact) mass is 428 g/mol. The first-order chi connectivity index (χ1) is 14.6. The van der Waals surface area contributed by atoms with Crippen molar-refractivity contribution in [1.29, 1.82) is 0 Å². The molecule has 3 aromatic rings. The van der Waals surface area contributed by atoms with Gasteiger partial charge in [0.1, 0.15) is 10.6 Å². The van der Waals surface area contributed by atoms with Crippen molar-refractivity contribution in [2.24, 2.45) is 0 Å². The molecule has 0 spiro atoms. The summed E-state index contributed by atoms with van der Waals surface area (Å²) < 4.78 is 15.7. The summed E-state index contributed by atoms with van der Waals surface area (Å²) in [5.41, 5.74) is 1.70. The van der Waals surface area contributed by atoms with Crippen molar-refractivity contribution in [3.8, 4) is 17.3 Å². The lowest BCUT2D eigenvalue weighted by Crippen LogP contribution is -2.16. The molecule has 1 amide bonds. The molecule has 0 aromatic carbocycles. The second-order valence-electron chi connectivity index (χ2n) is 6.92. The molecule has 11 heteroatoms. The summed E-state index contributed by atoms with van der Waals surface area (Å²) in [6, 6.07) is 2.96. The van der Waals surface area contributed by atoms with Gasteiger partial charge in [-0.2, -0.15) is 4.98 Å². The van der Waals surface area contributed by atoms with E-state index in [4.69, 9.17) is 14.4 Å². The van der Waals surface area contributed by atoms with Crippen molar-refractivity contribution in [2.45, 2.75) is 31.8 Å². The van der Waals surface area contributed by atoms with Crippen LogP contribution in [0.25, 0.3) is 11.5 Å². The molecule has 0 bridgehead atoms. The number of ether oxygens (including phenoxy) is 2. The zero-order valence-electron chi connectivity index (χ0n) is 15.6. The van der Waals surface area contributed by atoms with E-state index >= 15 is 0 Å². The van der Waals surface area contributed by atoms with E-state index in [9.17, 15) is 9.59 Å². The summed E-state index contributed by atoms with van der Waals surface area (Å²) in [6.07, 6.45) is 2.56. The fourth-order valence-corrected chi connectivity index (χ4v) is 4.46. The Balaban J connectivity index is 1.51. The molecule has 0 unspecified atom stereocenters. The van der Waals surface area contributed by atoms with Gasteiger partial charge in [-0.3, -0.25) is 4.79 Å². The molecule has 0 radical (unpaired) electrons. The SMILES string of the molecule is O=C(O)Oc1ncccc1C(=O)Nc1sc2c(c1-c1nc(C3CC3)no1)CCOC2. The molecule has 1 saturated carbocycles. The Kier molecular flexibility index (Phi) is 4.68. The van der Waals surface area contributed by atoms with Crippen LogP contribution in [-0.4, -0.2) is 38.9 Å². The van der Waals surface area contributed by atoms with Crippen LogP contribution in [0.2, 0.25) is 0 Å². The topological polar surface area (TPSA) is 137 Å². The minimum atomic E-state index is -1.55. The summed E-state index contributed by atoms with van der Waals surface area (Å²) in [4.78, 5) is 33.2. The zero-order valence-corrected chi connectivity index (χ0v) is 16.4. The predicted octanol–water partition coefficient (Wildman–Crippen LogP) is 3.45. The summed E-state index contributed by atoms with van der Waals surface area (Å²) >= 11 is 1.37. The minimum absolute atomic E-state index is 0.00216. The van der Waals surface area contributed by atoms with Crippen LogP contribution in [0.15, 0.2) is 22.9 Å². The third-order valence-corrected chi connectivity index (χ3v) is 5.97. The normalized spacial score (nSPS) is 15.5. The van der Waals surface area contributed by atoms with E-state index in [1.165, 1.54) is 29.7 Å². The number of hydrogen-bond donors (Lipinski definition) is 2. The maximum absolute atomic E-state index is 12.9. The van der Waals surface area contributed by atoms with Crippen LogP contribution in [0.5, 0.6) is 5.88 Å². The lowest BCUT2D eigenvalue weighted by atomic mass is 10.1. The molecule has 4 heterocycles. The molecule has 30 heavy (non-hydrogen) atoms. The smallest absolute Gasteiger partial charge is 0.449 e. The minimum Gasteiger partial charge on any atom is -0.449 e. The second kappa shape index (κ2) is 7.50. The molecule has 5 rings (SSSR count). The van der Waals surface area contributed by atoms with Gasteiger partial charge in [-0.1, -0.05) is 5.16 Å². The molecular formula is C19H16N4O6S. The highest BCUT2D eigenvalue weighted by molar-refractivity contribution is 7.17. The molecule has 1 aliphatic carbocycles. The number of nitrogens with zero attached hydrogens (tertiary/aromatic N) is 3. The van der Waals surface area contributed by atoms with Crippen molar-refractivity contribution in [1.82, 2.24) is 15.1 Å². The average Bonchev–Trinajstić information content (AvgIpc) is 3.35. The van der Waals surface area contributed by atoms with Crippen LogP contribution < -0.4 is 10.1 Å². The Bertz CT molecular complexity index is 1140. The van der Waals surface area contributed by atoms with Crippen LogP contribution in [0.1, 0.15) is 45.4 Å². The molecule has 1 fully saturated rings. The summed E-state index contributed by atoms with van der Waals surface area (Å²) in [5, 5.41) is 16.3. The third-order valence-electron chi connectivity index (χ3n) is 4.85. The lowest BCUT2D eigenvalue weighted by molar-refractivity contribution is 0.102. The number of carbonyl (C=O) groups is 2. The van der Waals surface area contributed by atoms with Crippen molar-refractivity contribution in [3.63, 3.8) is 0 Å². The lowest BCUT2D eigenvalue weighted by Gasteiger charge is -2.12. The van der Waals surface area contributed by atoms with E-state index in [0.29, 0.717) is 47.8 Å². The van der Waals surface area contributed by atoms with Gasteiger partial charge in [-0.15, -0.1) is 11.3 Å². The first-order valence-electron chi connectivity index (χ1n) is 9.33. The molecular weight excluding hydrogens is 412 g/mol. The number of carbonyl (C=O) groups excluding carboxylic acids is 1. The summed E-state index contributed by atoms with van der Waals surface area (Å²) in [6.45, 7) is 1.000. The second-order valence-corrected chi connectivity index (χ2v) is 8.03. The van der Waals surface area contributed by atoms with Gasteiger partial charge in [0, 0.05) is 17.0 Å². The summed E-state index contributed by atoms with van der Waals surface area (Å²) in [5.74, 6) is 0.535. The molecule has 154 valence electrons. The highest BCUT2D eigenvalue weighted by Crippen LogP contribution is 2.44. The number of amides is 1. The number of pyridine rings is 1. The van der Waals surface area contributed by atoms with E-state index in [0.717, 1.165) is 23.3 Å². The van der Waals surface area contributed by atoms with Gasteiger partial charge in [0.25, 0.3) is 11.8 Å². The molecule has 2 aliphatic rings. The fraction of sp³-hybridized carbons (Fsp3) is 0.316. The third kappa shape index (κ3) is 3.53. The average molecular weight is 428 g/mol. The van der Waals surface area contributed by atoms with Gasteiger partial charge in [-0.05, 0) is 37.0 Å². The molecule has 0 atom stereocenters. The Morgan fingerprint density at radius 1 is 1.33 bits per heavy atom. The Morgan fingerprint density at radius 2 is 2.20 bits per heavy atom. The predicted molar refractivity (Wildman–Crippen MR) is 104 cm³/mol. The maximum Gasteiger partial charge on any atom is 0.512 e. The van der Waals surface area contributed by atoms with Crippen LogP contribution >= 0.6 is 11.3 Å². The van der Waals surface area contributed by atoms with Gasteiger partial charge in [0.2, 0.25) is 5.88 Å².